The van der Waals surface area contributed by atoms with Gasteiger partial charge in [0.25, 0.3) is 0 Å². The maximum Gasteiger partial charge on any atom is 0.320 e. The van der Waals surface area contributed by atoms with E-state index in [1.807, 2.05) is 42.3 Å². The molecular weight excluding hydrogens is 282 g/mol. The summed E-state index contributed by atoms with van der Waals surface area (Å²) in [5, 5.41) is 8.70. The van der Waals surface area contributed by atoms with Crippen LogP contribution in [-0.4, -0.2) is 71.6 Å². The van der Waals surface area contributed by atoms with Crippen molar-refractivity contribution in [2.45, 2.75) is 13.0 Å². The third-order valence-electron chi connectivity index (χ3n) is 3.87. The van der Waals surface area contributed by atoms with E-state index in [4.69, 9.17) is 5.11 Å². The Hall–Kier alpha value is -2.08. The van der Waals surface area contributed by atoms with Gasteiger partial charge in [-0.2, -0.15) is 0 Å². The number of piperazine rings is 1. The van der Waals surface area contributed by atoms with Crippen molar-refractivity contribution in [2.24, 2.45) is 0 Å². The van der Waals surface area contributed by atoms with Crippen molar-refractivity contribution in [1.29, 1.82) is 0 Å². The molecule has 1 aromatic rings. The lowest BCUT2D eigenvalue weighted by Gasteiger charge is -2.36. The van der Waals surface area contributed by atoms with Crippen LogP contribution in [0, 0.1) is 0 Å². The number of nitrogens with zero attached hydrogens (tertiary/aromatic N) is 3. The molecule has 1 aromatic carbocycles. The first kappa shape index (κ1) is 16.3. The zero-order valence-electron chi connectivity index (χ0n) is 12.9. The monoisotopic (exact) mass is 305 g/mol. The largest absolute Gasteiger partial charge is 0.481 e. The Morgan fingerprint density at radius 1 is 1.14 bits per heavy atom. The molecule has 1 fully saturated rings. The quantitative estimate of drug-likeness (QED) is 0.891. The van der Waals surface area contributed by atoms with Gasteiger partial charge < -0.3 is 14.9 Å². The molecule has 6 nitrogen and oxygen atoms in total. The number of benzene rings is 1. The Balaban J connectivity index is 1.78. The molecule has 2 rings (SSSR count). The van der Waals surface area contributed by atoms with E-state index in [9.17, 15) is 9.59 Å². The second-order valence-electron chi connectivity index (χ2n) is 5.60. The molecule has 1 heterocycles. The minimum atomic E-state index is -0.777. The Kier molecular flexibility index (Phi) is 5.77. The van der Waals surface area contributed by atoms with E-state index in [0.717, 1.165) is 18.7 Å². The van der Waals surface area contributed by atoms with Gasteiger partial charge in [0.1, 0.15) is 0 Å². The molecular formula is C16H23N3O3. The summed E-state index contributed by atoms with van der Waals surface area (Å²) < 4.78 is 0. The molecule has 0 spiro atoms. The molecule has 1 aliphatic heterocycles. The molecule has 2 amide bonds. The average molecular weight is 305 g/mol. The van der Waals surface area contributed by atoms with Gasteiger partial charge in [0.05, 0.1) is 6.42 Å². The Labute approximate surface area is 130 Å². The maximum atomic E-state index is 12.4. The van der Waals surface area contributed by atoms with Gasteiger partial charge in [-0.1, -0.05) is 30.3 Å². The summed E-state index contributed by atoms with van der Waals surface area (Å²) in [7, 11) is 1.81. The van der Waals surface area contributed by atoms with Gasteiger partial charge in [-0.25, -0.2) is 4.79 Å². The van der Waals surface area contributed by atoms with Crippen LogP contribution >= 0.6 is 0 Å². The Bertz CT molecular complexity index is 499. The van der Waals surface area contributed by atoms with Crippen molar-refractivity contribution >= 4 is 12.0 Å². The molecule has 120 valence electrons. The van der Waals surface area contributed by atoms with Crippen LogP contribution in [0.25, 0.3) is 0 Å². The number of carboxylic acid groups (broad SMARTS) is 1. The zero-order valence-corrected chi connectivity index (χ0v) is 12.9. The molecule has 6 heteroatoms. The fourth-order valence-electron chi connectivity index (χ4n) is 2.58. The van der Waals surface area contributed by atoms with Gasteiger partial charge in [0, 0.05) is 46.3 Å². The first-order valence-corrected chi connectivity index (χ1v) is 7.54. The van der Waals surface area contributed by atoms with E-state index in [1.54, 1.807) is 4.90 Å². The zero-order chi connectivity index (χ0) is 15.9. The summed E-state index contributed by atoms with van der Waals surface area (Å²) in [4.78, 5) is 28.6. The van der Waals surface area contributed by atoms with E-state index in [-0.39, 0.29) is 12.5 Å². The van der Waals surface area contributed by atoms with Crippen LogP contribution in [0.15, 0.2) is 30.3 Å². The highest BCUT2D eigenvalue weighted by Crippen LogP contribution is 2.09. The molecule has 1 aliphatic rings. The molecule has 1 saturated heterocycles. The third kappa shape index (κ3) is 4.73. The van der Waals surface area contributed by atoms with Crippen LogP contribution in [0.5, 0.6) is 0 Å². The second kappa shape index (κ2) is 7.79. The van der Waals surface area contributed by atoms with Crippen molar-refractivity contribution in [2.75, 3.05) is 39.8 Å². The predicted octanol–water partition coefficient (Wildman–Crippen LogP) is 1.33. The lowest BCUT2D eigenvalue weighted by Crippen LogP contribution is -2.52. The molecule has 0 unspecified atom stereocenters. The standard InChI is InChI=1S/C16H23N3O3/c1-17(13-14-5-3-2-4-6-14)16(22)19-11-9-18(10-12-19)8-7-15(20)21/h2-6H,7-13H2,1H3,(H,20,21). The fraction of sp³-hybridized carbons (Fsp3) is 0.500. The van der Waals surface area contributed by atoms with Crippen LogP contribution in [-0.2, 0) is 11.3 Å². The highest BCUT2D eigenvalue weighted by atomic mass is 16.4. The minimum Gasteiger partial charge on any atom is -0.481 e. The van der Waals surface area contributed by atoms with Gasteiger partial charge >= 0.3 is 12.0 Å². The maximum absolute atomic E-state index is 12.4. The first-order valence-electron chi connectivity index (χ1n) is 7.54. The summed E-state index contributed by atoms with van der Waals surface area (Å²) >= 11 is 0. The highest BCUT2D eigenvalue weighted by molar-refractivity contribution is 5.74. The van der Waals surface area contributed by atoms with E-state index in [1.165, 1.54) is 0 Å². The van der Waals surface area contributed by atoms with E-state index in [0.29, 0.717) is 26.2 Å². The van der Waals surface area contributed by atoms with E-state index >= 15 is 0 Å². The summed E-state index contributed by atoms with van der Waals surface area (Å²) in [6, 6.07) is 9.94. The van der Waals surface area contributed by atoms with Crippen molar-refractivity contribution in [1.82, 2.24) is 14.7 Å². The SMILES string of the molecule is CN(Cc1ccccc1)C(=O)N1CCN(CCC(=O)O)CC1. The lowest BCUT2D eigenvalue weighted by atomic mass is 10.2. The number of carbonyl (C=O) groups is 2. The van der Waals surface area contributed by atoms with Gasteiger partial charge in [0.15, 0.2) is 0 Å². The molecule has 22 heavy (non-hydrogen) atoms. The van der Waals surface area contributed by atoms with Crippen LogP contribution in [0.3, 0.4) is 0 Å². The lowest BCUT2D eigenvalue weighted by molar-refractivity contribution is -0.137. The number of aliphatic carboxylic acids is 1. The van der Waals surface area contributed by atoms with E-state index < -0.39 is 5.97 Å². The van der Waals surface area contributed by atoms with Crippen molar-refractivity contribution in [3.05, 3.63) is 35.9 Å². The number of rotatable bonds is 5. The average Bonchev–Trinajstić information content (AvgIpc) is 2.53. The van der Waals surface area contributed by atoms with Gasteiger partial charge in [-0.15, -0.1) is 0 Å². The molecule has 0 aromatic heterocycles. The van der Waals surface area contributed by atoms with Crippen LogP contribution in [0.1, 0.15) is 12.0 Å². The number of carboxylic acids is 1. The molecule has 0 bridgehead atoms. The van der Waals surface area contributed by atoms with Gasteiger partial charge in [0.2, 0.25) is 0 Å². The number of urea groups is 1. The van der Waals surface area contributed by atoms with Crippen LogP contribution < -0.4 is 0 Å². The minimum absolute atomic E-state index is 0.0294. The third-order valence-corrected chi connectivity index (χ3v) is 3.87. The molecule has 0 radical (unpaired) electrons. The predicted molar refractivity (Wildman–Crippen MR) is 83.6 cm³/mol. The number of amides is 2. The Morgan fingerprint density at radius 3 is 2.36 bits per heavy atom. The first-order chi connectivity index (χ1) is 10.6. The summed E-state index contributed by atoms with van der Waals surface area (Å²) in [5.41, 5.74) is 1.11. The van der Waals surface area contributed by atoms with Gasteiger partial charge in [-0.3, -0.25) is 9.69 Å². The summed E-state index contributed by atoms with van der Waals surface area (Å²) in [6.07, 6.45) is 0.155. The van der Waals surface area contributed by atoms with Crippen LogP contribution in [0.2, 0.25) is 0 Å². The summed E-state index contributed by atoms with van der Waals surface area (Å²) in [5.74, 6) is -0.777. The number of hydrogen-bond donors (Lipinski definition) is 1. The fourth-order valence-corrected chi connectivity index (χ4v) is 2.58. The van der Waals surface area contributed by atoms with Crippen LogP contribution in [0.4, 0.5) is 4.79 Å². The van der Waals surface area contributed by atoms with Crippen molar-refractivity contribution in [3.63, 3.8) is 0 Å². The smallest absolute Gasteiger partial charge is 0.320 e. The highest BCUT2D eigenvalue weighted by Gasteiger charge is 2.23. The molecule has 0 atom stereocenters. The number of carbonyl (C=O) groups excluding carboxylic acids is 1. The van der Waals surface area contributed by atoms with Crippen molar-refractivity contribution < 1.29 is 14.7 Å². The Morgan fingerprint density at radius 2 is 1.77 bits per heavy atom. The molecule has 0 aliphatic carbocycles. The second-order valence-corrected chi connectivity index (χ2v) is 5.60. The number of hydrogen-bond acceptors (Lipinski definition) is 3. The molecule has 1 N–H and O–H groups in total. The summed E-state index contributed by atoms with van der Waals surface area (Å²) in [6.45, 7) is 3.92. The topological polar surface area (TPSA) is 64.1 Å². The van der Waals surface area contributed by atoms with E-state index in [2.05, 4.69) is 4.90 Å². The van der Waals surface area contributed by atoms with Crippen molar-refractivity contribution in [3.8, 4) is 0 Å². The van der Waals surface area contributed by atoms with Gasteiger partial charge in [-0.05, 0) is 5.56 Å². The molecule has 0 saturated carbocycles. The normalized spacial score (nSPS) is 15.6.